The lowest BCUT2D eigenvalue weighted by Crippen LogP contribution is -2.29. The first kappa shape index (κ1) is 14.9. The molecule has 1 aromatic carbocycles. The van der Waals surface area contributed by atoms with Gasteiger partial charge in [0.2, 0.25) is 0 Å². The van der Waals surface area contributed by atoms with E-state index < -0.39 is 5.41 Å². The van der Waals surface area contributed by atoms with Gasteiger partial charge in [0.05, 0.1) is 23.9 Å². The maximum absolute atomic E-state index is 13.3. The molecular formula is C17H15FN4O2. The highest BCUT2D eigenvalue weighted by Gasteiger charge is 2.43. The van der Waals surface area contributed by atoms with Crippen LogP contribution in [-0.4, -0.2) is 33.3 Å². The molecule has 0 radical (unpaired) electrons. The van der Waals surface area contributed by atoms with Crippen LogP contribution in [0.5, 0.6) is 0 Å². The zero-order valence-corrected chi connectivity index (χ0v) is 13.1. The fourth-order valence-corrected chi connectivity index (χ4v) is 2.89. The number of halogens is 1. The van der Waals surface area contributed by atoms with Gasteiger partial charge in [0.1, 0.15) is 11.5 Å². The molecule has 7 heteroatoms. The average Bonchev–Trinajstić information content (AvgIpc) is 3.26. The van der Waals surface area contributed by atoms with Gasteiger partial charge in [-0.05, 0) is 31.0 Å². The molecule has 0 spiro atoms. The van der Waals surface area contributed by atoms with Gasteiger partial charge in [-0.2, -0.15) is 4.98 Å². The second-order valence-corrected chi connectivity index (χ2v) is 5.86. The summed E-state index contributed by atoms with van der Waals surface area (Å²) >= 11 is 0. The number of aryl methyl sites for hydroxylation is 1. The molecule has 0 saturated carbocycles. The fraction of sp³-hybridized carbons (Fsp3) is 0.294. The molecule has 0 aliphatic carbocycles. The van der Waals surface area contributed by atoms with Gasteiger partial charge < -0.3 is 9.26 Å². The van der Waals surface area contributed by atoms with Gasteiger partial charge in [-0.25, -0.2) is 9.37 Å². The third-order valence-corrected chi connectivity index (χ3v) is 4.27. The average molecular weight is 326 g/mol. The summed E-state index contributed by atoms with van der Waals surface area (Å²) in [7, 11) is 0. The van der Waals surface area contributed by atoms with E-state index in [0.29, 0.717) is 37.0 Å². The summed E-state index contributed by atoms with van der Waals surface area (Å²) < 4.78 is 24.2. The zero-order valence-electron chi connectivity index (χ0n) is 13.1. The Morgan fingerprint density at radius 2 is 1.96 bits per heavy atom. The maximum Gasteiger partial charge on any atom is 0.278 e. The van der Waals surface area contributed by atoms with E-state index in [1.807, 2.05) is 6.92 Å². The SMILES string of the molecule is Cc1cnc(-c2nc(C3(c4ccc(F)cc4)CCOC3)no2)cn1. The Morgan fingerprint density at radius 3 is 2.62 bits per heavy atom. The van der Waals surface area contributed by atoms with Gasteiger partial charge in [-0.3, -0.25) is 4.98 Å². The molecular weight excluding hydrogens is 311 g/mol. The van der Waals surface area contributed by atoms with Crippen LogP contribution in [0.4, 0.5) is 4.39 Å². The molecule has 122 valence electrons. The minimum absolute atomic E-state index is 0.281. The lowest BCUT2D eigenvalue weighted by Gasteiger charge is -2.23. The molecule has 0 N–H and O–H groups in total. The third kappa shape index (κ3) is 2.46. The molecule has 6 nitrogen and oxygen atoms in total. The molecule has 1 aliphatic rings. The molecule has 3 heterocycles. The number of aromatic nitrogens is 4. The van der Waals surface area contributed by atoms with Crippen LogP contribution in [0, 0.1) is 12.7 Å². The Kier molecular flexibility index (Phi) is 3.57. The standard InChI is InChI=1S/C17H15FN4O2/c1-11-8-20-14(9-19-11)15-21-16(22-24-15)17(6-7-23-10-17)12-2-4-13(18)5-3-12/h2-5,8-9H,6-7,10H2,1H3. The van der Waals surface area contributed by atoms with Gasteiger partial charge in [0.15, 0.2) is 5.82 Å². The Labute approximate surface area is 137 Å². The quantitative estimate of drug-likeness (QED) is 0.737. The van der Waals surface area contributed by atoms with E-state index in [4.69, 9.17) is 9.26 Å². The first-order chi connectivity index (χ1) is 11.7. The van der Waals surface area contributed by atoms with Gasteiger partial charge in [-0.15, -0.1) is 0 Å². The monoisotopic (exact) mass is 326 g/mol. The van der Waals surface area contributed by atoms with Crippen LogP contribution in [0.2, 0.25) is 0 Å². The van der Waals surface area contributed by atoms with E-state index >= 15 is 0 Å². The predicted molar refractivity (Wildman–Crippen MR) is 82.7 cm³/mol. The van der Waals surface area contributed by atoms with E-state index in [2.05, 4.69) is 20.1 Å². The lowest BCUT2D eigenvalue weighted by molar-refractivity contribution is 0.182. The highest BCUT2D eigenvalue weighted by molar-refractivity contribution is 5.45. The van der Waals surface area contributed by atoms with E-state index in [9.17, 15) is 4.39 Å². The van der Waals surface area contributed by atoms with Crippen molar-refractivity contribution >= 4 is 0 Å². The summed E-state index contributed by atoms with van der Waals surface area (Å²) in [6.07, 6.45) is 3.95. The molecule has 0 bridgehead atoms. The number of benzene rings is 1. The largest absolute Gasteiger partial charge is 0.380 e. The number of ether oxygens (including phenoxy) is 1. The molecule has 1 unspecified atom stereocenters. The van der Waals surface area contributed by atoms with Gasteiger partial charge in [0, 0.05) is 12.8 Å². The van der Waals surface area contributed by atoms with E-state index in [-0.39, 0.29) is 5.82 Å². The summed E-state index contributed by atoms with van der Waals surface area (Å²) in [6, 6.07) is 6.35. The van der Waals surface area contributed by atoms with Crippen LogP contribution in [0.1, 0.15) is 23.5 Å². The summed E-state index contributed by atoms with van der Waals surface area (Å²) in [5, 5.41) is 4.14. The first-order valence-electron chi connectivity index (χ1n) is 7.64. The zero-order chi connectivity index (χ0) is 16.6. The number of nitrogens with zero attached hydrogens (tertiary/aromatic N) is 4. The normalized spacial score (nSPS) is 20.4. The van der Waals surface area contributed by atoms with Crippen molar-refractivity contribution in [1.29, 1.82) is 0 Å². The topological polar surface area (TPSA) is 73.9 Å². The molecule has 0 amide bonds. The first-order valence-corrected chi connectivity index (χ1v) is 7.64. The highest BCUT2D eigenvalue weighted by atomic mass is 19.1. The van der Waals surface area contributed by atoms with Crippen molar-refractivity contribution in [3.05, 3.63) is 59.6 Å². The van der Waals surface area contributed by atoms with Crippen LogP contribution in [-0.2, 0) is 10.2 Å². The number of hydrogen-bond acceptors (Lipinski definition) is 6. The van der Waals surface area contributed by atoms with Crippen molar-refractivity contribution in [3.8, 4) is 11.6 Å². The van der Waals surface area contributed by atoms with Crippen molar-refractivity contribution in [2.75, 3.05) is 13.2 Å². The number of hydrogen-bond donors (Lipinski definition) is 0. The van der Waals surface area contributed by atoms with Gasteiger partial charge >= 0.3 is 0 Å². The molecule has 1 atom stereocenters. The van der Waals surface area contributed by atoms with Crippen molar-refractivity contribution in [1.82, 2.24) is 20.1 Å². The number of rotatable bonds is 3. The molecule has 3 aromatic rings. The van der Waals surface area contributed by atoms with Crippen LogP contribution >= 0.6 is 0 Å². The summed E-state index contributed by atoms with van der Waals surface area (Å²) in [5.74, 6) is 0.548. The van der Waals surface area contributed by atoms with E-state index in [0.717, 1.165) is 11.3 Å². The Hall–Kier alpha value is -2.67. The summed E-state index contributed by atoms with van der Waals surface area (Å²) in [6.45, 7) is 2.87. The van der Waals surface area contributed by atoms with E-state index in [1.54, 1.807) is 24.5 Å². The van der Waals surface area contributed by atoms with Crippen LogP contribution in [0.15, 0.2) is 41.2 Å². The lowest BCUT2D eigenvalue weighted by atomic mass is 9.79. The Morgan fingerprint density at radius 1 is 1.12 bits per heavy atom. The molecule has 2 aromatic heterocycles. The predicted octanol–water partition coefficient (Wildman–Crippen LogP) is 2.68. The Balaban J connectivity index is 1.75. The summed E-state index contributed by atoms with van der Waals surface area (Å²) in [5.41, 5.74) is 1.70. The highest BCUT2D eigenvalue weighted by Crippen LogP contribution is 2.38. The Bertz CT molecular complexity index is 840. The second-order valence-electron chi connectivity index (χ2n) is 5.86. The molecule has 1 fully saturated rings. The van der Waals surface area contributed by atoms with Gasteiger partial charge in [-0.1, -0.05) is 17.3 Å². The molecule has 4 rings (SSSR count). The van der Waals surface area contributed by atoms with Gasteiger partial charge in [0.25, 0.3) is 5.89 Å². The van der Waals surface area contributed by atoms with Crippen molar-refractivity contribution < 1.29 is 13.7 Å². The van der Waals surface area contributed by atoms with E-state index in [1.165, 1.54) is 12.1 Å². The molecule has 1 saturated heterocycles. The van der Waals surface area contributed by atoms with Crippen molar-refractivity contribution in [2.24, 2.45) is 0 Å². The van der Waals surface area contributed by atoms with Crippen molar-refractivity contribution in [3.63, 3.8) is 0 Å². The third-order valence-electron chi connectivity index (χ3n) is 4.27. The molecule has 1 aliphatic heterocycles. The van der Waals surface area contributed by atoms with Crippen LogP contribution in [0.25, 0.3) is 11.6 Å². The van der Waals surface area contributed by atoms with Crippen molar-refractivity contribution in [2.45, 2.75) is 18.8 Å². The molecule has 24 heavy (non-hydrogen) atoms. The van der Waals surface area contributed by atoms with Crippen LogP contribution in [0.3, 0.4) is 0 Å². The minimum atomic E-state index is -0.534. The maximum atomic E-state index is 13.3. The minimum Gasteiger partial charge on any atom is -0.380 e. The smallest absolute Gasteiger partial charge is 0.278 e. The fourth-order valence-electron chi connectivity index (χ4n) is 2.89. The van der Waals surface area contributed by atoms with Crippen LogP contribution < -0.4 is 0 Å². The summed E-state index contributed by atoms with van der Waals surface area (Å²) in [4.78, 5) is 13.0. The second kappa shape index (κ2) is 5.76.